The highest BCUT2D eigenvalue weighted by Gasteiger charge is 2.23. The number of benzene rings is 2. The Kier molecular flexibility index (Phi) is 5.14. The molecule has 2 aromatic carbocycles. The van der Waals surface area contributed by atoms with Crippen molar-refractivity contribution in [3.05, 3.63) is 52.6 Å². The molecule has 0 amide bonds. The minimum Gasteiger partial charge on any atom is -0.508 e. The highest BCUT2D eigenvalue weighted by molar-refractivity contribution is 7.79. The maximum absolute atomic E-state index is 11.7. The van der Waals surface area contributed by atoms with Crippen LogP contribution < -0.4 is 10.7 Å². The number of amidine groups is 1. The van der Waals surface area contributed by atoms with Crippen LogP contribution in [0.15, 0.2) is 35.4 Å². The van der Waals surface area contributed by atoms with E-state index in [9.17, 15) is 15.0 Å². The summed E-state index contributed by atoms with van der Waals surface area (Å²) in [5, 5.41) is 24.3. The van der Waals surface area contributed by atoms with Crippen LogP contribution in [0, 0.1) is 0 Å². The maximum atomic E-state index is 11.7. The Morgan fingerprint density at radius 3 is 2.52 bits per heavy atom. The molecule has 0 spiro atoms. The van der Waals surface area contributed by atoms with Crippen LogP contribution in [0.3, 0.4) is 0 Å². The predicted octanol–water partition coefficient (Wildman–Crippen LogP) is 2.97. The van der Waals surface area contributed by atoms with E-state index in [4.69, 9.17) is 18.1 Å². The standard InChI is InChI=1S/C20H21N3O3S/c1-11(2)16-8-17(19(26)9-18(16)25)20(22-21)23(10-27)14-4-3-12-6-15(24)7-13(12)5-14/h3-5,8-11,25-26H,6-7,21H2,1-2H3/b22-20-. The van der Waals surface area contributed by atoms with Gasteiger partial charge in [0.2, 0.25) is 0 Å². The van der Waals surface area contributed by atoms with Crippen molar-refractivity contribution < 1.29 is 15.0 Å². The number of Topliss-reactive ketones (excluding diaryl/α,β-unsaturated/α-hetero) is 1. The number of aromatic hydroxyl groups is 2. The lowest BCUT2D eigenvalue weighted by Gasteiger charge is -2.23. The van der Waals surface area contributed by atoms with Gasteiger partial charge < -0.3 is 16.1 Å². The summed E-state index contributed by atoms with van der Waals surface area (Å²) in [6, 6.07) is 8.55. The third-order valence-corrected chi connectivity index (χ3v) is 4.92. The topological polar surface area (TPSA) is 99.2 Å². The first-order valence-electron chi connectivity index (χ1n) is 8.57. The molecule has 0 heterocycles. The zero-order chi connectivity index (χ0) is 19.7. The molecule has 0 unspecified atom stereocenters. The van der Waals surface area contributed by atoms with Crippen molar-refractivity contribution in [3.8, 4) is 11.5 Å². The molecule has 0 saturated heterocycles. The van der Waals surface area contributed by atoms with E-state index in [0.29, 0.717) is 29.7 Å². The van der Waals surface area contributed by atoms with Gasteiger partial charge in [0.15, 0.2) is 5.84 Å². The molecule has 0 radical (unpaired) electrons. The second-order valence-electron chi connectivity index (χ2n) is 6.86. The third kappa shape index (κ3) is 3.50. The van der Waals surface area contributed by atoms with Gasteiger partial charge in [-0.3, -0.25) is 9.69 Å². The average molecular weight is 383 g/mol. The lowest BCUT2D eigenvalue weighted by atomic mass is 9.98. The smallest absolute Gasteiger partial charge is 0.168 e. The number of carbonyl (C=O) groups excluding carboxylic acids is 1. The van der Waals surface area contributed by atoms with Gasteiger partial charge in [0, 0.05) is 24.6 Å². The third-order valence-electron chi connectivity index (χ3n) is 4.71. The second kappa shape index (κ2) is 7.36. The number of anilines is 1. The maximum Gasteiger partial charge on any atom is 0.168 e. The highest BCUT2D eigenvalue weighted by Crippen LogP contribution is 2.34. The summed E-state index contributed by atoms with van der Waals surface area (Å²) >= 11 is 5.17. The van der Waals surface area contributed by atoms with Crippen molar-refractivity contribution in [3.63, 3.8) is 0 Å². The fourth-order valence-electron chi connectivity index (χ4n) is 3.32. The van der Waals surface area contributed by atoms with Gasteiger partial charge in [-0.2, -0.15) is 5.10 Å². The first-order valence-corrected chi connectivity index (χ1v) is 9.05. The minimum atomic E-state index is -0.153. The molecular weight excluding hydrogens is 362 g/mol. The zero-order valence-corrected chi connectivity index (χ0v) is 16.0. The summed E-state index contributed by atoms with van der Waals surface area (Å²) in [5.41, 5.74) is 5.05. The lowest BCUT2D eigenvalue weighted by molar-refractivity contribution is -0.117. The molecule has 1 aliphatic carbocycles. The molecule has 140 valence electrons. The SMILES string of the molecule is CC(C)c1cc(/C(=N/N)N(C=S)c2ccc3c(c2)CC(=O)C3)c(O)cc1O. The van der Waals surface area contributed by atoms with Gasteiger partial charge in [-0.25, -0.2) is 0 Å². The van der Waals surface area contributed by atoms with Crippen LogP contribution in [0.1, 0.15) is 42.0 Å². The molecule has 1 aliphatic rings. The number of fused-ring (bicyclic) bond motifs is 1. The number of phenolic OH excluding ortho intramolecular Hbond substituents is 2. The van der Waals surface area contributed by atoms with Crippen molar-refractivity contribution in [1.29, 1.82) is 0 Å². The number of rotatable bonds is 4. The van der Waals surface area contributed by atoms with Crippen LogP contribution in [0.25, 0.3) is 0 Å². The van der Waals surface area contributed by atoms with E-state index in [1.807, 2.05) is 32.0 Å². The van der Waals surface area contributed by atoms with Gasteiger partial charge in [0.25, 0.3) is 0 Å². The van der Waals surface area contributed by atoms with Crippen molar-refractivity contribution >= 4 is 35.0 Å². The summed E-state index contributed by atoms with van der Waals surface area (Å²) < 4.78 is 0. The number of hydrogen-bond donors (Lipinski definition) is 3. The lowest BCUT2D eigenvalue weighted by Crippen LogP contribution is -2.31. The van der Waals surface area contributed by atoms with Crippen LogP contribution in [0.4, 0.5) is 5.69 Å². The molecule has 0 aromatic heterocycles. The Morgan fingerprint density at radius 1 is 1.19 bits per heavy atom. The molecule has 3 rings (SSSR count). The van der Waals surface area contributed by atoms with Gasteiger partial charge in [0.1, 0.15) is 17.3 Å². The van der Waals surface area contributed by atoms with E-state index >= 15 is 0 Å². The number of hydrogen-bond acceptors (Lipinski definition) is 6. The largest absolute Gasteiger partial charge is 0.508 e. The quantitative estimate of drug-likeness (QED) is 0.247. The second-order valence-corrected chi connectivity index (χ2v) is 7.07. The fourth-order valence-corrected chi connectivity index (χ4v) is 3.54. The monoisotopic (exact) mass is 383 g/mol. The molecular formula is C20H21N3O3S. The number of ketones is 1. The predicted molar refractivity (Wildman–Crippen MR) is 110 cm³/mol. The van der Waals surface area contributed by atoms with E-state index in [1.165, 1.54) is 11.6 Å². The Balaban J connectivity index is 2.07. The summed E-state index contributed by atoms with van der Waals surface area (Å²) in [6.45, 7) is 3.87. The number of phenols is 2. The fraction of sp³-hybridized carbons (Fsp3) is 0.250. The molecule has 27 heavy (non-hydrogen) atoms. The Bertz CT molecular complexity index is 954. The van der Waals surface area contributed by atoms with Crippen molar-refractivity contribution in [2.45, 2.75) is 32.6 Å². The Morgan fingerprint density at radius 2 is 1.89 bits per heavy atom. The van der Waals surface area contributed by atoms with E-state index < -0.39 is 0 Å². The normalized spacial score (nSPS) is 13.7. The highest BCUT2D eigenvalue weighted by atomic mass is 32.1. The first kappa shape index (κ1) is 18.8. The van der Waals surface area contributed by atoms with Crippen molar-refractivity contribution in [2.75, 3.05) is 4.90 Å². The van der Waals surface area contributed by atoms with Gasteiger partial charge in [0.05, 0.1) is 11.1 Å². The van der Waals surface area contributed by atoms with Crippen molar-refractivity contribution in [1.82, 2.24) is 0 Å². The van der Waals surface area contributed by atoms with Crippen LogP contribution >= 0.6 is 12.2 Å². The van der Waals surface area contributed by atoms with E-state index in [0.717, 1.165) is 11.1 Å². The molecule has 7 heteroatoms. The summed E-state index contributed by atoms with van der Waals surface area (Å²) in [4.78, 5) is 13.3. The zero-order valence-electron chi connectivity index (χ0n) is 15.1. The van der Waals surface area contributed by atoms with Crippen LogP contribution in [0.2, 0.25) is 0 Å². The summed E-state index contributed by atoms with van der Waals surface area (Å²) in [6.07, 6.45) is 0.840. The molecule has 0 saturated carbocycles. The van der Waals surface area contributed by atoms with Gasteiger partial charge in [-0.15, -0.1) is 0 Å². The molecule has 4 N–H and O–H groups in total. The van der Waals surface area contributed by atoms with E-state index in [-0.39, 0.29) is 29.0 Å². The molecule has 2 aromatic rings. The van der Waals surface area contributed by atoms with Crippen LogP contribution in [0.5, 0.6) is 11.5 Å². The number of hydrazone groups is 1. The molecule has 0 atom stereocenters. The molecule has 0 aliphatic heterocycles. The average Bonchev–Trinajstić information content (AvgIpc) is 2.99. The van der Waals surface area contributed by atoms with Gasteiger partial charge in [-0.05, 0) is 40.8 Å². The summed E-state index contributed by atoms with van der Waals surface area (Å²) in [5.74, 6) is 5.96. The van der Waals surface area contributed by atoms with Crippen LogP contribution in [-0.2, 0) is 17.6 Å². The van der Waals surface area contributed by atoms with Crippen LogP contribution in [-0.4, -0.2) is 27.3 Å². The van der Waals surface area contributed by atoms with E-state index in [2.05, 4.69) is 5.10 Å². The van der Waals surface area contributed by atoms with Gasteiger partial charge in [-0.1, -0.05) is 32.1 Å². The summed E-state index contributed by atoms with van der Waals surface area (Å²) in [7, 11) is 0. The molecule has 6 nitrogen and oxygen atoms in total. The molecule has 0 bridgehead atoms. The number of carbonyl (C=O) groups is 1. The van der Waals surface area contributed by atoms with Gasteiger partial charge >= 0.3 is 0 Å². The Labute approximate surface area is 162 Å². The van der Waals surface area contributed by atoms with Crippen molar-refractivity contribution in [2.24, 2.45) is 10.9 Å². The number of nitrogens with zero attached hydrogens (tertiary/aromatic N) is 2. The number of nitrogens with two attached hydrogens (primary N) is 1. The van der Waals surface area contributed by atoms with E-state index in [1.54, 1.807) is 11.0 Å². The number of thiocarbonyl (C=S) groups is 1. The minimum absolute atomic E-state index is 0.00701. The molecule has 0 fully saturated rings. The Hall–Kier alpha value is -2.93. The first-order chi connectivity index (χ1) is 12.8.